The van der Waals surface area contributed by atoms with Crippen LogP contribution in [0, 0.1) is 26.1 Å². The highest BCUT2D eigenvalue weighted by Crippen LogP contribution is 2.48. The van der Waals surface area contributed by atoms with Gasteiger partial charge in [-0.05, 0) is 42.2 Å². The molecule has 3 aromatic rings. The summed E-state index contributed by atoms with van der Waals surface area (Å²) in [7, 11) is 1.53. The second-order valence-electron chi connectivity index (χ2n) is 11.1. The molecule has 1 saturated heterocycles. The summed E-state index contributed by atoms with van der Waals surface area (Å²) in [6, 6.07) is 17.9. The van der Waals surface area contributed by atoms with Crippen molar-refractivity contribution in [3.05, 3.63) is 121 Å². The topological polar surface area (TPSA) is 198 Å². The van der Waals surface area contributed by atoms with Crippen molar-refractivity contribution in [3.63, 3.8) is 0 Å². The third-order valence-corrected chi connectivity index (χ3v) is 8.22. The molecule has 2 heterocycles. The summed E-state index contributed by atoms with van der Waals surface area (Å²) in [6.07, 6.45) is -1.79. The first kappa shape index (κ1) is 33.2. The molecule has 5 rings (SSSR count). The number of rotatable bonds is 12. The molecule has 248 valence electrons. The van der Waals surface area contributed by atoms with Gasteiger partial charge in [-0.3, -0.25) is 29.8 Å². The van der Waals surface area contributed by atoms with E-state index in [1.807, 2.05) is 0 Å². The van der Waals surface area contributed by atoms with Crippen LogP contribution in [0.5, 0.6) is 0 Å². The Morgan fingerprint density at radius 2 is 1.46 bits per heavy atom. The van der Waals surface area contributed by atoms with E-state index in [-0.39, 0.29) is 46.9 Å². The molecule has 2 aliphatic heterocycles. The van der Waals surface area contributed by atoms with Gasteiger partial charge in [0.25, 0.3) is 11.4 Å². The van der Waals surface area contributed by atoms with Crippen molar-refractivity contribution in [2.75, 3.05) is 7.05 Å². The molecule has 1 fully saturated rings. The second kappa shape index (κ2) is 14.1. The molecular formula is C33H30N4O11. The van der Waals surface area contributed by atoms with Crippen molar-refractivity contribution in [1.82, 2.24) is 10.2 Å². The first-order valence-corrected chi connectivity index (χ1v) is 14.8. The number of esters is 1. The van der Waals surface area contributed by atoms with E-state index < -0.39 is 59.2 Å². The molecule has 3 aromatic carbocycles. The third-order valence-electron chi connectivity index (χ3n) is 8.22. The fraction of sp³-hybridized carbons (Fsp3) is 0.273. The molecule has 3 atom stereocenters. The normalized spacial score (nSPS) is 17.1. The first-order chi connectivity index (χ1) is 23.0. The number of nitrogens with one attached hydrogen (secondary N) is 1. The van der Waals surface area contributed by atoms with Crippen LogP contribution in [-0.4, -0.2) is 57.9 Å². The van der Waals surface area contributed by atoms with Gasteiger partial charge in [0.1, 0.15) is 25.0 Å². The summed E-state index contributed by atoms with van der Waals surface area (Å²) >= 11 is 0. The van der Waals surface area contributed by atoms with Crippen molar-refractivity contribution in [3.8, 4) is 0 Å². The molecule has 0 bridgehead atoms. The predicted octanol–water partition coefficient (Wildman–Crippen LogP) is 4.22. The minimum absolute atomic E-state index is 0.0370. The van der Waals surface area contributed by atoms with E-state index >= 15 is 0 Å². The monoisotopic (exact) mass is 658 g/mol. The predicted molar refractivity (Wildman–Crippen MR) is 167 cm³/mol. The van der Waals surface area contributed by atoms with Crippen LogP contribution in [0.2, 0.25) is 0 Å². The number of nitrogens with zero attached hydrogens (tertiary/aromatic N) is 3. The second-order valence-corrected chi connectivity index (χ2v) is 11.1. The van der Waals surface area contributed by atoms with Crippen LogP contribution in [-0.2, 0) is 48.2 Å². The number of carbonyl (C=O) groups excluding carboxylic acids is 4. The number of ether oxygens (including phenoxy) is 3. The number of carbonyl (C=O) groups is 4. The third kappa shape index (κ3) is 6.84. The highest BCUT2D eigenvalue weighted by Gasteiger charge is 2.58. The summed E-state index contributed by atoms with van der Waals surface area (Å²) in [4.78, 5) is 74.3. The number of fused-ring (bicyclic) bond motifs is 1. The minimum atomic E-state index is -1.13. The number of likely N-dealkylation sites (N-methyl/N-ethyl adjacent to an activating group) is 1. The fourth-order valence-corrected chi connectivity index (χ4v) is 5.83. The highest BCUT2D eigenvalue weighted by molar-refractivity contribution is 6.07. The average molecular weight is 659 g/mol. The van der Waals surface area contributed by atoms with E-state index in [4.69, 9.17) is 14.2 Å². The zero-order valence-corrected chi connectivity index (χ0v) is 25.8. The zero-order valence-electron chi connectivity index (χ0n) is 25.8. The zero-order chi connectivity index (χ0) is 34.5. The molecule has 2 amide bonds. The summed E-state index contributed by atoms with van der Waals surface area (Å²) in [5, 5.41) is 25.3. The van der Waals surface area contributed by atoms with Gasteiger partial charge < -0.3 is 24.4 Å². The van der Waals surface area contributed by atoms with Gasteiger partial charge in [-0.2, -0.15) is 0 Å². The molecular weight excluding hydrogens is 628 g/mol. The molecule has 0 aromatic heterocycles. The number of para-hydroxylation sites is 2. The molecule has 2 aliphatic rings. The lowest BCUT2D eigenvalue weighted by molar-refractivity contribution is -0.386. The number of hydrogen-bond donors (Lipinski definition) is 1. The van der Waals surface area contributed by atoms with Crippen LogP contribution in [0.1, 0.15) is 35.6 Å². The van der Waals surface area contributed by atoms with Gasteiger partial charge in [-0.15, -0.1) is 0 Å². The number of benzene rings is 3. The average Bonchev–Trinajstić information content (AvgIpc) is 3.41. The van der Waals surface area contributed by atoms with E-state index in [9.17, 15) is 39.4 Å². The summed E-state index contributed by atoms with van der Waals surface area (Å²) < 4.78 is 16.0. The lowest BCUT2D eigenvalue weighted by Gasteiger charge is -2.45. The molecule has 0 radical (unpaired) electrons. The Labute approximate surface area is 273 Å². The lowest BCUT2D eigenvalue weighted by Crippen LogP contribution is -2.62. The molecule has 0 unspecified atom stereocenters. The summed E-state index contributed by atoms with van der Waals surface area (Å²) in [5.74, 6) is -2.42. The van der Waals surface area contributed by atoms with E-state index in [1.165, 1.54) is 55.3 Å². The maximum Gasteiger partial charge on any atom is 0.508 e. The number of nitro groups is 2. The quantitative estimate of drug-likeness (QED) is 0.127. The van der Waals surface area contributed by atoms with Crippen molar-refractivity contribution >= 4 is 40.9 Å². The smallest absolute Gasteiger partial charge is 0.456 e. The van der Waals surface area contributed by atoms with Gasteiger partial charge in [-0.25, -0.2) is 9.59 Å². The molecule has 1 N–H and O–H groups in total. The Morgan fingerprint density at radius 1 is 0.896 bits per heavy atom. The molecule has 0 aliphatic carbocycles. The van der Waals surface area contributed by atoms with Crippen molar-refractivity contribution in [1.29, 1.82) is 0 Å². The molecule has 0 saturated carbocycles. The van der Waals surface area contributed by atoms with Crippen molar-refractivity contribution in [2.24, 2.45) is 5.92 Å². The van der Waals surface area contributed by atoms with E-state index in [1.54, 1.807) is 36.4 Å². The Hall–Kier alpha value is -6.12. The Morgan fingerprint density at radius 3 is 2.02 bits per heavy atom. The number of β-lactam (4-membered cyclic amide) rings is 1. The van der Waals surface area contributed by atoms with Gasteiger partial charge >= 0.3 is 12.1 Å². The van der Waals surface area contributed by atoms with Gasteiger partial charge in [0.15, 0.2) is 0 Å². The van der Waals surface area contributed by atoms with Gasteiger partial charge in [0.2, 0.25) is 11.8 Å². The van der Waals surface area contributed by atoms with Crippen LogP contribution in [0.3, 0.4) is 0 Å². The first-order valence-electron chi connectivity index (χ1n) is 14.8. The van der Waals surface area contributed by atoms with Crippen LogP contribution in [0.25, 0.3) is 5.57 Å². The van der Waals surface area contributed by atoms with E-state index in [0.29, 0.717) is 11.1 Å². The van der Waals surface area contributed by atoms with Crippen molar-refractivity contribution in [2.45, 2.75) is 45.1 Å². The van der Waals surface area contributed by atoms with Crippen LogP contribution in [0.15, 0.2) is 78.5 Å². The van der Waals surface area contributed by atoms with E-state index in [2.05, 4.69) is 5.32 Å². The van der Waals surface area contributed by atoms with Gasteiger partial charge in [0.05, 0.1) is 39.4 Å². The Balaban J connectivity index is 1.33. The van der Waals surface area contributed by atoms with Crippen LogP contribution in [0.4, 0.5) is 16.2 Å². The van der Waals surface area contributed by atoms with Crippen LogP contribution >= 0.6 is 0 Å². The number of amides is 2. The van der Waals surface area contributed by atoms with E-state index in [0.717, 1.165) is 5.56 Å². The molecule has 15 heteroatoms. The Bertz CT molecular complexity index is 1820. The fourth-order valence-electron chi connectivity index (χ4n) is 5.83. The van der Waals surface area contributed by atoms with Crippen molar-refractivity contribution < 1.29 is 43.2 Å². The van der Waals surface area contributed by atoms with Gasteiger partial charge in [0, 0.05) is 19.2 Å². The molecule has 15 nitrogen and oxygen atoms in total. The molecule has 0 spiro atoms. The standard InChI is InChI=1S/C33H30N4O11/c1-19(48-33(41)47-18-23-8-4-6-10-26(23)37(44)45)29-27-16-24(21-13-11-20(12-14-21)15-28(38)34-2)30(35(27)31(29)39)32(40)46-17-22-7-3-5-9-25(22)36(42)43/h3-14,19,27,29H,15-18H2,1-2H3,(H,34,38)/t19-,27-,29-/m1/s1. The Kier molecular flexibility index (Phi) is 9.77. The van der Waals surface area contributed by atoms with Gasteiger partial charge in [-0.1, -0.05) is 48.5 Å². The lowest BCUT2D eigenvalue weighted by atomic mass is 9.82. The summed E-state index contributed by atoms with van der Waals surface area (Å²) in [5.41, 5.74) is 1.62. The SMILES string of the molecule is CNC(=O)Cc1ccc(C2=C(C(=O)OCc3ccccc3[N+](=O)[O-])N3C(=O)[C@H]([C@@H](C)OC(=O)OCc4ccccc4[N+](=O)[O-])[C@H]3C2)cc1. The number of hydrogen-bond acceptors (Lipinski definition) is 11. The highest BCUT2D eigenvalue weighted by atomic mass is 16.7. The molecule has 48 heavy (non-hydrogen) atoms. The summed E-state index contributed by atoms with van der Waals surface area (Å²) in [6.45, 7) is 0.664. The largest absolute Gasteiger partial charge is 0.508 e. The maximum atomic E-state index is 13.6. The minimum Gasteiger partial charge on any atom is -0.456 e. The van der Waals surface area contributed by atoms with Crippen LogP contribution < -0.4 is 5.32 Å². The maximum absolute atomic E-state index is 13.6. The number of nitro benzene ring substituents is 2.